The lowest BCUT2D eigenvalue weighted by molar-refractivity contribution is -0.143. The van der Waals surface area contributed by atoms with Crippen LogP contribution in [0.4, 0.5) is 4.79 Å². The molecular formula is C11H21NO4. The SMILES string of the molecule is CCOC(=O)C[C@@H](CC(C)C)NC(=O)OC. The maximum absolute atomic E-state index is 11.3. The summed E-state index contributed by atoms with van der Waals surface area (Å²) in [5.41, 5.74) is 0. The van der Waals surface area contributed by atoms with Gasteiger partial charge < -0.3 is 14.8 Å². The zero-order valence-corrected chi connectivity index (χ0v) is 10.4. The topological polar surface area (TPSA) is 64.6 Å². The van der Waals surface area contributed by atoms with E-state index in [1.54, 1.807) is 6.92 Å². The lowest BCUT2D eigenvalue weighted by atomic mass is 10.0. The number of alkyl carbamates (subject to hydrolysis) is 1. The van der Waals surface area contributed by atoms with Crippen molar-refractivity contribution < 1.29 is 19.1 Å². The van der Waals surface area contributed by atoms with Crippen LogP contribution in [0.3, 0.4) is 0 Å². The third-order valence-electron chi connectivity index (χ3n) is 1.98. The van der Waals surface area contributed by atoms with Crippen LogP contribution in [0.2, 0.25) is 0 Å². The van der Waals surface area contributed by atoms with E-state index in [9.17, 15) is 9.59 Å². The van der Waals surface area contributed by atoms with Gasteiger partial charge in [-0.1, -0.05) is 13.8 Å². The van der Waals surface area contributed by atoms with E-state index < -0.39 is 6.09 Å². The number of esters is 1. The van der Waals surface area contributed by atoms with Gasteiger partial charge >= 0.3 is 12.1 Å². The van der Waals surface area contributed by atoms with E-state index in [1.807, 2.05) is 13.8 Å². The Labute approximate surface area is 96.5 Å². The van der Waals surface area contributed by atoms with Gasteiger partial charge in [-0.2, -0.15) is 0 Å². The molecular weight excluding hydrogens is 210 g/mol. The van der Waals surface area contributed by atoms with Gasteiger partial charge in [0, 0.05) is 6.04 Å². The van der Waals surface area contributed by atoms with Gasteiger partial charge in [-0.05, 0) is 19.3 Å². The van der Waals surface area contributed by atoms with Gasteiger partial charge in [0.15, 0.2) is 0 Å². The van der Waals surface area contributed by atoms with E-state index in [4.69, 9.17) is 4.74 Å². The van der Waals surface area contributed by atoms with Crippen molar-refractivity contribution in [3.63, 3.8) is 0 Å². The molecule has 0 saturated carbocycles. The van der Waals surface area contributed by atoms with Gasteiger partial charge in [0.25, 0.3) is 0 Å². The molecule has 0 aromatic rings. The highest BCUT2D eigenvalue weighted by molar-refractivity contribution is 5.72. The van der Waals surface area contributed by atoms with Crippen molar-refractivity contribution in [2.45, 2.75) is 39.7 Å². The molecule has 0 aliphatic rings. The quantitative estimate of drug-likeness (QED) is 0.707. The summed E-state index contributed by atoms with van der Waals surface area (Å²) in [6.07, 6.45) is 0.379. The Morgan fingerprint density at radius 3 is 2.38 bits per heavy atom. The third-order valence-corrected chi connectivity index (χ3v) is 1.98. The molecule has 16 heavy (non-hydrogen) atoms. The number of hydrogen-bond donors (Lipinski definition) is 1. The minimum atomic E-state index is -0.519. The van der Waals surface area contributed by atoms with Crippen LogP contribution < -0.4 is 5.32 Å². The van der Waals surface area contributed by atoms with Gasteiger partial charge in [-0.25, -0.2) is 4.79 Å². The Morgan fingerprint density at radius 1 is 1.31 bits per heavy atom. The average molecular weight is 231 g/mol. The van der Waals surface area contributed by atoms with Crippen molar-refractivity contribution in [1.29, 1.82) is 0 Å². The molecule has 0 rings (SSSR count). The van der Waals surface area contributed by atoms with Crippen LogP contribution in [-0.2, 0) is 14.3 Å². The van der Waals surface area contributed by atoms with Crippen molar-refractivity contribution in [1.82, 2.24) is 5.32 Å². The molecule has 0 fully saturated rings. The first-order valence-electron chi connectivity index (χ1n) is 5.49. The zero-order chi connectivity index (χ0) is 12.6. The number of rotatable bonds is 6. The Hall–Kier alpha value is -1.26. The fraction of sp³-hybridized carbons (Fsp3) is 0.818. The molecule has 1 atom stereocenters. The maximum atomic E-state index is 11.3. The highest BCUT2D eigenvalue weighted by Crippen LogP contribution is 2.09. The predicted molar refractivity (Wildman–Crippen MR) is 60.0 cm³/mol. The minimum absolute atomic E-state index is 0.182. The fourth-order valence-corrected chi connectivity index (χ4v) is 1.41. The van der Waals surface area contributed by atoms with Crippen molar-refractivity contribution in [3.05, 3.63) is 0 Å². The van der Waals surface area contributed by atoms with Crippen LogP contribution >= 0.6 is 0 Å². The second-order valence-electron chi connectivity index (χ2n) is 3.97. The first kappa shape index (κ1) is 14.7. The summed E-state index contributed by atoms with van der Waals surface area (Å²) in [4.78, 5) is 22.3. The number of nitrogens with one attached hydrogen (secondary N) is 1. The van der Waals surface area contributed by atoms with Crippen LogP contribution in [0.25, 0.3) is 0 Å². The Balaban J connectivity index is 4.19. The average Bonchev–Trinajstić information content (AvgIpc) is 2.16. The minimum Gasteiger partial charge on any atom is -0.466 e. The standard InChI is InChI=1S/C11H21NO4/c1-5-16-10(13)7-9(6-8(2)3)12-11(14)15-4/h8-9H,5-7H2,1-4H3,(H,12,14)/t9-/m1/s1. The third kappa shape index (κ3) is 7.09. The molecule has 0 aromatic carbocycles. The molecule has 5 nitrogen and oxygen atoms in total. The lowest BCUT2D eigenvalue weighted by Crippen LogP contribution is -2.37. The molecule has 0 radical (unpaired) electrons. The van der Waals surface area contributed by atoms with Crippen LogP contribution in [-0.4, -0.2) is 31.8 Å². The highest BCUT2D eigenvalue weighted by atomic mass is 16.5. The Morgan fingerprint density at radius 2 is 1.94 bits per heavy atom. The molecule has 1 amide bonds. The van der Waals surface area contributed by atoms with Gasteiger partial charge in [0.1, 0.15) is 0 Å². The van der Waals surface area contributed by atoms with Gasteiger partial charge in [-0.3, -0.25) is 4.79 Å². The van der Waals surface area contributed by atoms with Crippen molar-refractivity contribution in [3.8, 4) is 0 Å². The van der Waals surface area contributed by atoms with E-state index in [-0.39, 0.29) is 18.4 Å². The second kappa shape index (κ2) is 7.96. The summed E-state index contributed by atoms with van der Waals surface area (Å²) < 4.78 is 9.34. The van der Waals surface area contributed by atoms with Crippen LogP contribution in [0.5, 0.6) is 0 Å². The van der Waals surface area contributed by atoms with Gasteiger partial charge in [-0.15, -0.1) is 0 Å². The number of methoxy groups -OCH3 is 1. The summed E-state index contributed by atoms with van der Waals surface area (Å²) in [5.74, 6) is 0.0844. The summed E-state index contributed by atoms with van der Waals surface area (Å²) in [6, 6.07) is -0.230. The molecule has 0 unspecified atom stereocenters. The monoisotopic (exact) mass is 231 g/mol. The molecule has 94 valence electrons. The molecule has 0 saturated heterocycles. The van der Waals surface area contributed by atoms with Crippen molar-refractivity contribution in [2.24, 2.45) is 5.92 Å². The van der Waals surface area contributed by atoms with Crippen molar-refractivity contribution in [2.75, 3.05) is 13.7 Å². The van der Waals surface area contributed by atoms with E-state index in [1.165, 1.54) is 7.11 Å². The van der Waals surface area contributed by atoms with Crippen LogP contribution in [0.1, 0.15) is 33.6 Å². The highest BCUT2D eigenvalue weighted by Gasteiger charge is 2.18. The number of ether oxygens (including phenoxy) is 2. The molecule has 0 spiro atoms. The molecule has 5 heteroatoms. The van der Waals surface area contributed by atoms with Crippen LogP contribution in [0, 0.1) is 5.92 Å². The molecule has 0 aliphatic carbocycles. The lowest BCUT2D eigenvalue weighted by Gasteiger charge is -2.18. The molecule has 0 heterocycles. The largest absolute Gasteiger partial charge is 0.466 e. The fourth-order valence-electron chi connectivity index (χ4n) is 1.41. The predicted octanol–water partition coefficient (Wildman–Crippen LogP) is 1.71. The molecule has 0 aromatic heterocycles. The smallest absolute Gasteiger partial charge is 0.407 e. The van der Waals surface area contributed by atoms with E-state index in [0.717, 1.165) is 0 Å². The normalized spacial score (nSPS) is 12.1. The summed E-state index contributed by atoms with van der Waals surface area (Å²) in [5, 5.41) is 2.63. The molecule has 0 aliphatic heterocycles. The Bertz CT molecular complexity index is 228. The summed E-state index contributed by atoms with van der Waals surface area (Å²) >= 11 is 0. The number of carbonyl (C=O) groups is 2. The number of carbonyl (C=O) groups excluding carboxylic acids is 2. The van der Waals surface area contributed by atoms with E-state index >= 15 is 0 Å². The first-order valence-corrected chi connectivity index (χ1v) is 5.49. The van der Waals surface area contributed by atoms with Gasteiger partial charge in [0.05, 0.1) is 20.1 Å². The van der Waals surface area contributed by atoms with E-state index in [2.05, 4.69) is 10.1 Å². The van der Waals surface area contributed by atoms with Crippen molar-refractivity contribution >= 4 is 12.1 Å². The first-order chi connectivity index (χ1) is 7.49. The molecule has 1 N–H and O–H groups in total. The maximum Gasteiger partial charge on any atom is 0.407 e. The summed E-state index contributed by atoms with van der Waals surface area (Å²) in [7, 11) is 1.30. The Kier molecular flexibility index (Phi) is 7.33. The van der Waals surface area contributed by atoms with Crippen LogP contribution in [0.15, 0.2) is 0 Å². The van der Waals surface area contributed by atoms with Gasteiger partial charge in [0.2, 0.25) is 0 Å². The number of amides is 1. The van der Waals surface area contributed by atoms with E-state index in [0.29, 0.717) is 18.9 Å². The molecule has 0 bridgehead atoms. The second-order valence-corrected chi connectivity index (χ2v) is 3.97. The summed E-state index contributed by atoms with van der Waals surface area (Å²) in [6.45, 7) is 6.16. The number of hydrogen-bond acceptors (Lipinski definition) is 4. The zero-order valence-electron chi connectivity index (χ0n) is 10.4.